The Labute approximate surface area is 70.8 Å². The highest BCUT2D eigenvalue weighted by atomic mass is 19.1. The van der Waals surface area contributed by atoms with E-state index in [1.54, 1.807) is 6.07 Å². The first-order valence-corrected chi connectivity index (χ1v) is 4.15. The van der Waals surface area contributed by atoms with Crippen LogP contribution in [0.25, 0.3) is 0 Å². The highest BCUT2D eigenvalue weighted by Gasteiger charge is 2.39. The lowest BCUT2D eigenvalue weighted by Crippen LogP contribution is -2.10. The Morgan fingerprint density at radius 3 is 2.75 bits per heavy atom. The fourth-order valence-electron chi connectivity index (χ4n) is 1.35. The molecule has 1 N–H and O–H groups in total. The van der Waals surface area contributed by atoms with Gasteiger partial charge in [-0.05, 0) is 30.5 Å². The second-order valence-corrected chi connectivity index (χ2v) is 3.53. The molecular weight excluding hydrogens is 155 g/mol. The van der Waals surface area contributed by atoms with Crippen LogP contribution in [0.2, 0.25) is 0 Å². The fourth-order valence-corrected chi connectivity index (χ4v) is 1.35. The van der Waals surface area contributed by atoms with Gasteiger partial charge in [-0.15, -0.1) is 0 Å². The van der Waals surface area contributed by atoms with Crippen LogP contribution in [0.15, 0.2) is 24.3 Å². The number of hydrogen-bond donors (Lipinski definition) is 1. The molecule has 0 radical (unpaired) electrons. The third-order valence-electron chi connectivity index (χ3n) is 2.25. The molecule has 0 atom stereocenters. The second kappa shape index (κ2) is 2.56. The average Bonchev–Trinajstić information content (AvgIpc) is 2.67. The highest BCUT2D eigenvalue weighted by Crippen LogP contribution is 2.38. The van der Waals surface area contributed by atoms with E-state index in [-0.39, 0.29) is 5.82 Å². The Bertz CT molecular complexity index is 292. The molecule has 2 heteroatoms. The number of aliphatic hydroxyl groups is 1. The maximum atomic E-state index is 12.7. The Hall–Kier alpha value is -0.890. The summed E-state index contributed by atoms with van der Waals surface area (Å²) in [5, 5.41) is 9.55. The minimum atomic E-state index is -0.520. The SMILES string of the molecule is OC1(Cc2cccc(F)c2)CC1. The standard InChI is InChI=1S/C10H11FO/c11-9-3-1-2-8(6-9)7-10(12)4-5-10/h1-3,6,12H,4-5,7H2. The average molecular weight is 166 g/mol. The number of halogens is 1. The summed E-state index contributed by atoms with van der Waals surface area (Å²) in [6, 6.07) is 6.42. The molecule has 0 spiro atoms. The minimum absolute atomic E-state index is 0.225. The van der Waals surface area contributed by atoms with Crippen LogP contribution in [-0.4, -0.2) is 10.7 Å². The highest BCUT2D eigenvalue weighted by molar-refractivity contribution is 5.20. The molecule has 2 rings (SSSR count). The third-order valence-corrected chi connectivity index (χ3v) is 2.25. The molecule has 1 aromatic carbocycles. The van der Waals surface area contributed by atoms with E-state index in [4.69, 9.17) is 0 Å². The maximum absolute atomic E-state index is 12.7. The fraction of sp³-hybridized carbons (Fsp3) is 0.400. The summed E-state index contributed by atoms with van der Waals surface area (Å²) in [6.45, 7) is 0. The van der Waals surface area contributed by atoms with Crippen LogP contribution in [-0.2, 0) is 6.42 Å². The van der Waals surface area contributed by atoms with Crippen LogP contribution < -0.4 is 0 Å². The molecule has 0 bridgehead atoms. The lowest BCUT2D eigenvalue weighted by molar-refractivity contribution is 0.151. The van der Waals surface area contributed by atoms with Gasteiger partial charge in [0, 0.05) is 6.42 Å². The summed E-state index contributed by atoms with van der Waals surface area (Å²) in [5.74, 6) is -0.225. The van der Waals surface area contributed by atoms with Crippen molar-refractivity contribution < 1.29 is 9.50 Å². The second-order valence-electron chi connectivity index (χ2n) is 3.53. The van der Waals surface area contributed by atoms with Crippen molar-refractivity contribution in [3.05, 3.63) is 35.6 Å². The molecule has 0 saturated heterocycles. The molecule has 1 aliphatic carbocycles. The van der Waals surface area contributed by atoms with E-state index in [0.717, 1.165) is 18.4 Å². The third kappa shape index (κ3) is 1.64. The normalized spacial score (nSPS) is 19.2. The van der Waals surface area contributed by atoms with Gasteiger partial charge in [0.1, 0.15) is 5.82 Å². The van der Waals surface area contributed by atoms with Gasteiger partial charge < -0.3 is 5.11 Å². The van der Waals surface area contributed by atoms with Gasteiger partial charge in [-0.1, -0.05) is 12.1 Å². The topological polar surface area (TPSA) is 20.2 Å². The molecule has 12 heavy (non-hydrogen) atoms. The Balaban J connectivity index is 2.12. The molecule has 64 valence electrons. The molecule has 1 saturated carbocycles. The molecular formula is C10H11FO. The van der Waals surface area contributed by atoms with Gasteiger partial charge >= 0.3 is 0 Å². The Morgan fingerprint density at radius 1 is 1.42 bits per heavy atom. The molecule has 1 aliphatic rings. The van der Waals surface area contributed by atoms with Crippen molar-refractivity contribution >= 4 is 0 Å². The summed E-state index contributed by atoms with van der Waals surface area (Å²) in [6.07, 6.45) is 2.29. The molecule has 1 nitrogen and oxygen atoms in total. The van der Waals surface area contributed by atoms with Gasteiger partial charge in [0.05, 0.1) is 5.60 Å². The molecule has 0 unspecified atom stereocenters. The lowest BCUT2D eigenvalue weighted by Gasteiger charge is -2.06. The number of benzene rings is 1. The lowest BCUT2D eigenvalue weighted by atomic mass is 10.1. The first kappa shape index (κ1) is 7.74. The first-order chi connectivity index (χ1) is 5.68. The van der Waals surface area contributed by atoms with Crippen molar-refractivity contribution in [1.29, 1.82) is 0 Å². The van der Waals surface area contributed by atoms with Crippen molar-refractivity contribution in [3.8, 4) is 0 Å². The van der Waals surface area contributed by atoms with Crippen LogP contribution in [0, 0.1) is 5.82 Å². The number of hydrogen-bond acceptors (Lipinski definition) is 1. The maximum Gasteiger partial charge on any atom is 0.123 e. The van der Waals surface area contributed by atoms with Crippen molar-refractivity contribution in [1.82, 2.24) is 0 Å². The monoisotopic (exact) mass is 166 g/mol. The van der Waals surface area contributed by atoms with E-state index >= 15 is 0 Å². The summed E-state index contributed by atoms with van der Waals surface area (Å²) in [5.41, 5.74) is 0.364. The minimum Gasteiger partial charge on any atom is -0.390 e. The van der Waals surface area contributed by atoms with Gasteiger partial charge in [0.25, 0.3) is 0 Å². The summed E-state index contributed by atoms with van der Waals surface area (Å²) >= 11 is 0. The van der Waals surface area contributed by atoms with E-state index in [1.165, 1.54) is 12.1 Å². The largest absolute Gasteiger partial charge is 0.390 e. The van der Waals surface area contributed by atoms with E-state index in [1.807, 2.05) is 6.07 Å². The van der Waals surface area contributed by atoms with Crippen LogP contribution in [0.4, 0.5) is 4.39 Å². The molecule has 0 aromatic heterocycles. The predicted molar refractivity (Wildman–Crippen MR) is 44.3 cm³/mol. The van der Waals surface area contributed by atoms with Crippen LogP contribution >= 0.6 is 0 Å². The molecule has 1 aromatic rings. The zero-order chi connectivity index (χ0) is 8.60. The first-order valence-electron chi connectivity index (χ1n) is 4.15. The van der Waals surface area contributed by atoms with E-state index in [9.17, 15) is 9.50 Å². The van der Waals surface area contributed by atoms with Crippen molar-refractivity contribution in [2.24, 2.45) is 0 Å². The molecule has 0 heterocycles. The summed E-state index contributed by atoms with van der Waals surface area (Å²) < 4.78 is 12.7. The van der Waals surface area contributed by atoms with Crippen LogP contribution in [0.1, 0.15) is 18.4 Å². The quantitative estimate of drug-likeness (QED) is 0.711. The van der Waals surface area contributed by atoms with E-state index in [0.29, 0.717) is 6.42 Å². The van der Waals surface area contributed by atoms with E-state index in [2.05, 4.69) is 0 Å². The van der Waals surface area contributed by atoms with Crippen molar-refractivity contribution in [3.63, 3.8) is 0 Å². The zero-order valence-corrected chi connectivity index (χ0v) is 6.76. The van der Waals surface area contributed by atoms with Crippen LogP contribution in [0.3, 0.4) is 0 Å². The van der Waals surface area contributed by atoms with E-state index < -0.39 is 5.60 Å². The van der Waals surface area contributed by atoms with Gasteiger partial charge in [-0.25, -0.2) is 4.39 Å². The van der Waals surface area contributed by atoms with Crippen molar-refractivity contribution in [2.45, 2.75) is 24.9 Å². The van der Waals surface area contributed by atoms with Gasteiger partial charge in [0.15, 0.2) is 0 Å². The molecule has 0 amide bonds. The van der Waals surface area contributed by atoms with Crippen molar-refractivity contribution in [2.75, 3.05) is 0 Å². The van der Waals surface area contributed by atoms with Gasteiger partial charge in [-0.3, -0.25) is 0 Å². The smallest absolute Gasteiger partial charge is 0.123 e. The molecule has 1 fully saturated rings. The van der Waals surface area contributed by atoms with Crippen LogP contribution in [0.5, 0.6) is 0 Å². The summed E-state index contributed by atoms with van der Waals surface area (Å²) in [4.78, 5) is 0. The van der Waals surface area contributed by atoms with Gasteiger partial charge in [-0.2, -0.15) is 0 Å². The number of rotatable bonds is 2. The van der Waals surface area contributed by atoms with Gasteiger partial charge in [0.2, 0.25) is 0 Å². The Morgan fingerprint density at radius 2 is 2.17 bits per heavy atom. The zero-order valence-electron chi connectivity index (χ0n) is 6.76. The Kier molecular flexibility index (Phi) is 1.65. The predicted octanol–water partition coefficient (Wildman–Crippen LogP) is 1.89. The summed E-state index contributed by atoms with van der Waals surface area (Å²) in [7, 11) is 0. The molecule has 0 aliphatic heterocycles.